The van der Waals surface area contributed by atoms with E-state index in [0.29, 0.717) is 95.3 Å². The Labute approximate surface area is 498 Å². The minimum absolute atomic E-state index is 0.0519. The fraction of sp³-hybridized carbons (Fsp3) is 0.410. The van der Waals surface area contributed by atoms with Crippen molar-refractivity contribution in [3.8, 4) is 29.1 Å². The van der Waals surface area contributed by atoms with E-state index < -0.39 is 83.4 Å². The third-order valence-electron chi connectivity index (χ3n) is 13.5. The van der Waals surface area contributed by atoms with Gasteiger partial charge in [-0.3, -0.25) is 38.4 Å². The number of carbonyl (C=O) groups is 10. The molecule has 85 heavy (non-hydrogen) atoms. The van der Waals surface area contributed by atoms with Crippen molar-refractivity contribution in [2.75, 3.05) is 39.6 Å². The minimum Gasteiger partial charge on any atom is -0.465 e. The summed E-state index contributed by atoms with van der Waals surface area (Å²) in [6.45, 7) is 15.3. The molecular formula is C61H62N2O20S2. The van der Waals surface area contributed by atoms with Gasteiger partial charge in [0.15, 0.2) is 0 Å². The van der Waals surface area contributed by atoms with E-state index in [4.69, 9.17) is 53.9 Å². The zero-order valence-corrected chi connectivity index (χ0v) is 48.2. The van der Waals surface area contributed by atoms with Crippen molar-refractivity contribution < 1.29 is 95.3 Å². The van der Waals surface area contributed by atoms with E-state index in [2.05, 4.69) is 18.0 Å². The summed E-state index contributed by atoms with van der Waals surface area (Å²) in [6, 6.07) is 16.9. The van der Waals surface area contributed by atoms with Gasteiger partial charge in [0, 0.05) is 25.0 Å². The normalized spacial score (nSPS) is 17.3. The predicted octanol–water partition coefficient (Wildman–Crippen LogP) is 8.72. The summed E-state index contributed by atoms with van der Waals surface area (Å²) in [6.07, 6.45) is 4.74. The number of hydrogen-bond donors (Lipinski definition) is 0. The second-order valence-electron chi connectivity index (χ2n) is 19.4. The van der Waals surface area contributed by atoms with E-state index in [9.17, 15) is 53.2 Å². The highest BCUT2D eigenvalue weighted by Gasteiger charge is 2.37. The topological polar surface area (TPSA) is 291 Å². The number of fused-ring (bicyclic) bond motifs is 1. The maximum atomic E-state index is 13.8. The molecule has 0 atom stereocenters. The Kier molecular flexibility index (Phi) is 25.8. The molecule has 2 saturated carbocycles. The van der Waals surface area contributed by atoms with E-state index in [-0.39, 0.29) is 82.5 Å². The number of carbonyl (C=O) groups excluding carboxylic acids is 10. The second-order valence-corrected chi connectivity index (χ2v) is 21.7. The zero-order valence-electron chi connectivity index (χ0n) is 46.6. The van der Waals surface area contributed by atoms with Gasteiger partial charge in [-0.05, 0) is 105 Å². The summed E-state index contributed by atoms with van der Waals surface area (Å²) in [5, 5.41) is 9.75. The lowest BCUT2D eigenvalue weighted by molar-refractivity contribution is -0.152. The quantitative estimate of drug-likeness (QED) is 0.0125. The molecule has 0 radical (unpaired) electrons. The summed E-state index contributed by atoms with van der Waals surface area (Å²) < 4.78 is 53.4. The van der Waals surface area contributed by atoms with Crippen LogP contribution in [0.1, 0.15) is 93.7 Å². The molecule has 2 aliphatic carbocycles. The van der Waals surface area contributed by atoms with Crippen molar-refractivity contribution >= 4 is 83.2 Å². The Hall–Kier alpha value is -8.74. The lowest BCUT2D eigenvalue weighted by Gasteiger charge is -2.27. The van der Waals surface area contributed by atoms with E-state index in [1.165, 1.54) is 0 Å². The number of benzene rings is 3. The monoisotopic (exact) mass is 1210 g/mol. The number of esters is 10. The van der Waals surface area contributed by atoms with E-state index in [1.54, 1.807) is 61.5 Å². The number of nitrogens with zero attached hydrogens (tertiary/aromatic N) is 2. The lowest BCUT2D eigenvalue weighted by atomic mass is 9.82. The Morgan fingerprint density at radius 2 is 0.882 bits per heavy atom. The Bertz CT molecular complexity index is 3090. The molecule has 448 valence electrons. The number of nitriles is 1. The van der Waals surface area contributed by atoms with Gasteiger partial charge in [0.2, 0.25) is 0 Å². The van der Waals surface area contributed by atoms with Gasteiger partial charge in [-0.15, -0.1) is 0 Å². The average molecular weight is 1210 g/mol. The summed E-state index contributed by atoms with van der Waals surface area (Å²) in [5.41, 5.74) is 1.89. The van der Waals surface area contributed by atoms with E-state index in [1.807, 2.05) is 6.07 Å². The van der Waals surface area contributed by atoms with Crippen LogP contribution in [0.25, 0.3) is 4.85 Å². The van der Waals surface area contributed by atoms with Gasteiger partial charge >= 0.3 is 59.7 Å². The molecule has 3 aromatic carbocycles. The van der Waals surface area contributed by atoms with Gasteiger partial charge in [0.05, 0.1) is 89.2 Å². The molecule has 0 aromatic heterocycles. The molecule has 0 spiro atoms. The van der Waals surface area contributed by atoms with Crippen molar-refractivity contribution in [2.45, 2.75) is 107 Å². The number of hydrogen-bond acceptors (Lipinski definition) is 23. The van der Waals surface area contributed by atoms with Crippen LogP contribution < -0.4 is 18.9 Å². The molecule has 0 bridgehead atoms. The molecule has 1 aliphatic heterocycles. The van der Waals surface area contributed by atoms with Gasteiger partial charge < -0.3 is 47.4 Å². The summed E-state index contributed by atoms with van der Waals surface area (Å²) >= 11 is 2.13. The van der Waals surface area contributed by atoms with Crippen molar-refractivity contribution in [1.82, 2.24) is 0 Å². The Morgan fingerprint density at radius 3 is 1.26 bits per heavy atom. The third kappa shape index (κ3) is 20.8. The lowest BCUT2D eigenvalue weighted by Crippen LogP contribution is -2.31. The van der Waals surface area contributed by atoms with Gasteiger partial charge in [0.1, 0.15) is 49.4 Å². The molecule has 0 unspecified atom stereocenters. The predicted molar refractivity (Wildman–Crippen MR) is 300 cm³/mol. The van der Waals surface area contributed by atoms with Gasteiger partial charge in [0.25, 0.3) is 5.70 Å². The summed E-state index contributed by atoms with van der Waals surface area (Å²) in [5.74, 6) is -6.72. The van der Waals surface area contributed by atoms with E-state index >= 15 is 0 Å². The van der Waals surface area contributed by atoms with Crippen molar-refractivity contribution in [3.05, 3.63) is 118 Å². The maximum Gasteiger partial charge on any atom is 0.330 e. The van der Waals surface area contributed by atoms with Crippen LogP contribution in [0, 0.1) is 48.5 Å². The third-order valence-corrected chi connectivity index (χ3v) is 16.1. The van der Waals surface area contributed by atoms with Crippen LogP contribution in [0.4, 0.5) is 0 Å². The van der Waals surface area contributed by atoms with Crippen molar-refractivity contribution in [2.24, 2.45) is 23.7 Å². The number of ether oxygens (including phenoxy) is 10. The van der Waals surface area contributed by atoms with Crippen LogP contribution in [-0.2, 0) is 89.2 Å². The van der Waals surface area contributed by atoms with Crippen LogP contribution in [0.2, 0.25) is 0 Å². The molecule has 0 amide bonds. The first-order valence-electron chi connectivity index (χ1n) is 27.3. The fourth-order valence-electron chi connectivity index (χ4n) is 8.86. The fourth-order valence-corrected chi connectivity index (χ4v) is 11.4. The molecule has 1 heterocycles. The smallest absolute Gasteiger partial charge is 0.330 e. The Balaban J connectivity index is 0.916. The molecule has 6 rings (SSSR count). The average Bonchev–Trinajstić information content (AvgIpc) is 2.48. The molecule has 24 heteroatoms. The number of allylic oxidation sites excluding steroid dienone is 1. The van der Waals surface area contributed by atoms with Crippen molar-refractivity contribution in [3.63, 3.8) is 0 Å². The van der Waals surface area contributed by atoms with Gasteiger partial charge in [-0.25, -0.2) is 19.7 Å². The van der Waals surface area contributed by atoms with E-state index in [0.717, 1.165) is 46.8 Å². The minimum atomic E-state index is -0.644. The first-order chi connectivity index (χ1) is 41.0. The molecule has 2 fully saturated rings. The first kappa shape index (κ1) is 65.4. The van der Waals surface area contributed by atoms with Crippen LogP contribution in [0.3, 0.4) is 0 Å². The SMILES string of the molecule is [C-]#[N+]/C(C#N)=C1/Sc2c(OC(=O)C3CCC(C(=O)Oc4ccc(CCOC(=O)CCC(=O)OCCOC(=O)C=C)cc4)CC3)cc(C)c(OC(=O)C3CCC(C(=O)Oc4ccc(CCOC(=O)CCC(=O)OCCOC(=O)C=C)cc4)CC3)c2S1. The van der Waals surface area contributed by atoms with Crippen molar-refractivity contribution in [1.29, 1.82) is 5.26 Å². The highest BCUT2D eigenvalue weighted by Crippen LogP contribution is 2.60. The molecule has 0 saturated heterocycles. The van der Waals surface area contributed by atoms with Gasteiger partial charge in [-0.1, -0.05) is 60.9 Å². The highest BCUT2D eigenvalue weighted by molar-refractivity contribution is 8.24. The number of aryl methyl sites for hydroxylation is 1. The zero-order chi connectivity index (χ0) is 61.3. The summed E-state index contributed by atoms with van der Waals surface area (Å²) in [7, 11) is 0. The molecule has 0 N–H and O–H groups in total. The van der Waals surface area contributed by atoms with Crippen LogP contribution in [0.5, 0.6) is 23.0 Å². The second kappa shape index (κ2) is 33.5. The summed E-state index contributed by atoms with van der Waals surface area (Å²) in [4.78, 5) is 128. The van der Waals surface area contributed by atoms with Crippen LogP contribution in [-0.4, -0.2) is 99.3 Å². The highest BCUT2D eigenvalue weighted by atomic mass is 32.2. The maximum absolute atomic E-state index is 13.8. The molecular weight excluding hydrogens is 1140 g/mol. The molecule has 22 nitrogen and oxygen atoms in total. The molecule has 3 aromatic rings. The standard InChI is InChI=1S/C61H62N2O20S2/c1-5-48(64)76-31-33-78-52(68)25-23-50(66)74-29-27-38-7-19-44(20-8-38)80-57(70)40-11-15-42(16-12-40)59(72)82-47-35-37(3)54(56-55(47)84-61(85-56)46(36-62)63-4)83-60(73)43-17-13-41(14-18-43)58(71)81-45-21-9-39(10-22-45)28-30-75-51(67)24-26-53(69)79-34-32-77-49(65)6-2/h5-10,19-22,35,40-43H,1-2,11-18,23-34H2,3H3/b61-46-. The molecule has 3 aliphatic rings. The van der Waals surface area contributed by atoms with Crippen LogP contribution >= 0.6 is 23.5 Å². The van der Waals surface area contributed by atoms with Gasteiger partial charge in [-0.2, -0.15) is 0 Å². The largest absolute Gasteiger partial charge is 0.465 e. The number of rotatable bonds is 28. The van der Waals surface area contributed by atoms with Crippen LogP contribution in [0.15, 0.2) is 99.6 Å². The first-order valence-corrected chi connectivity index (χ1v) is 28.9. The number of thioether (sulfide) groups is 2. The Morgan fingerprint density at radius 1 is 0.529 bits per heavy atom.